The molecule has 0 aliphatic carbocycles. The number of carbonyl (C=O) groups is 2. The number of benzene rings is 1. The molecular weight excluding hydrogens is 423 g/mol. The van der Waals surface area contributed by atoms with Crippen LogP contribution in [-0.2, 0) is 4.79 Å². The van der Waals surface area contributed by atoms with Crippen molar-refractivity contribution in [2.45, 2.75) is 13.1 Å². The van der Waals surface area contributed by atoms with Crippen molar-refractivity contribution in [2.24, 2.45) is 0 Å². The highest BCUT2D eigenvalue weighted by atomic mass is 35.5. The van der Waals surface area contributed by atoms with Gasteiger partial charge in [0.15, 0.2) is 0 Å². The Hall–Kier alpha value is -2.85. The average Bonchev–Trinajstić information content (AvgIpc) is 2.71. The number of hydrogen-bond donors (Lipinski definition) is 2. The zero-order valence-electron chi connectivity index (χ0n) is 16.0. The Labute approximate surface area is 175 Å². The zero-order chi connectivity index (χ0) is 21.9. The SMILES string of the molecule is Cc1ccc(NC(=O)N2CCNCC2)c(N(C(=O)C(F)(F)F)c2ccc(Cl)cn2)c1. The first-order chi connectivity index (χ1) is 14.2. The van der Waals surface area contributed by atoms with Gasteiger partial charge in [0.25, 0.3) is 0 Å². The summed E-state index contributed by atoms with van der Waals surface area (Å²) in [7, 11) is 0. The molecule has 2 heterocycles. The third kappa shape index (κ3) is 5.00. The van der Waals surface area contributed by atoms with Gasteiger partial charge in [-0.1, -0.05) is 17.7 Å². The molecule has 0 saturated carbocycles. The van der Waals surface area contributed by atoms with E-state index in [0.717, 1.165) is 6.20 Å². The summed E-state index contributed by atoms with van der Waals surface area (Å²) in [6.07, 6.45) is -4.02. The number of rotatable bonds is 3. The van der Waals surface area contributed by atoms with E-state index in [4.69, 9.17) is 11.6 Å². The molecule has 3 rings (SSSR count). The van der Waals surface area contributed by atoms with E-state index in [0.29, 0.717) is 36.6 Å². The maximum Gasteiger partial charge on any atom is 0.472 e. The van der Waals surface area contributed by atoms with Crippen molar-refractivity contribution in [3.05, 3.63) is 47.1 Å². The van der Waals surface area contributed by atoms with Crippen molar-refractivity contribution < 1.29 is 22.8 Å². The number of anilines is 3. The molecule has 0 unspecified atom stereocenters. The first-order valence-electron chi connectivity index (χ1n) is 9.07. The molecule has 1 aromatic carbocycles. The van der Waals surface area contributed by atoms with Crippen LogP contribution in [-0.4, -0.2) is 54.2 Å². The minimum Gasteiger partial charge on any atom is -0.322 e. The summed E-state index contributed by atoms with van der Waals surface area (Å²) in [5.74, 6) is -2.41. The number of urea groups is 1. The minimum atomic E-state index is -5.16. The van der Waals surface area contributed by atoms with Crippen molar-refractivity contribution >= 4 is 40.7 Å². The number of amides is 3. The Morgan fingerprint density at radius 3 is 2.50 bits per heavy atom. The molecule has 0 atom stereocenters. The monoisotopic (exact) mass is 441 g/mol. The van der Waals surface area contributed by atoms with Crippen LogP contribution in [0.1, 0.15) is 5.56 Å². The maximum atomic E-state index is 13.4. The second kappa shape index (κ2) is 8.88. The van der Waals surface area contributed by atoms with Gasteiger partial charge < -0.3 is 15.5 Å². The van der Waals surface area contributed by atoms with Crippen molar-refractivity contribution in [3.8, 4) is 0 Å². The second-order valence-corrected chi connectivity index (χ2v) is 7.10. The molecule has 0 bridgehead atoms. The molecule has 2 aromatic rings. The van der Waals surface area contributed by atoms with E-state index < -0.39 is 18.1 Å². The third-order valence-corrected chi connectivity index (χ3v) is 4.65. The normalized spacial score (nSPS) is 14.4. The Morgan fingerprint density at radius 2 is 1.90 bits per heavy atom. The number of piperazine rings is 1. The molecule has 2 N–H and O–H groups in total. The van der Waals surface area contributed by atoms with E-state index in [2.05, 4.69) is 15.6 Å². The lowest BCUT2D eigenvalue weighted by atomic mass is 10.1. The molecule has 1 fully saturated rings. The van der Waals surface area contributed by atoms with Crippen molar-refractivity contribution in [1.29, 1.82) is 0 Å². The number of halogens is 4. The van der Waals surface area contributed by atoms with E-state index in [9.17, 15) is 22.8 Å². The van der Waals surface area contributed by atoms with E-state index in [1.54, 1.807) is 13.0 Å². The van der Waals surface area contributed by atoms with Gasteiger partial charge in [0.1, 0.15) is 5.82 Å². The molecule has 160 valence electrons. The molecule has 1 aliphatic heterocycles. The van der Waals surface area contributed by atoms with Gasteiger partial charge in [0, 0.05) is 32.4 Å². The van der Waals surface area contributed by atoms with Crippen LogP contribution >= 0.6 is 11.6 Å². The fraction of sp³-hybridized carbons (Fsp3) is 0.316. The quantitative estimate of drug-likeness (QED) is 0.761. The van der Waals surface area contributed by atoms with Crippen molar-refractivity contribution in [2.75, 3.05) is 36.4 Å². The summed E-state index contributed by atoms with van der Waals surface area (Å²) < 4.78 is 40.2. The predicted octanol–water partition coefficient (Wildman–Crippen LogP) is 3.71. The summed E-state index contributed by atoms with van der Waals surface area (Å²) in [5.41, 5.74) is 0.508. The standard InChI is InChI=1S/C19H19ClF3N5O2/c1-12-2-4-14(26-18(30)27-8-6-24-7-9-27)15(10-12)28(17(29)19(21,22)23)16-5-3-13(20)11-25-16/h2-5,10-11,24H,6-9H2,1H3,(H,26,30). The average molecular weight is 442 g/mol. The van der Waals surface area contributed by atoms with Crippen LogP contribution in [0.4, 0.5) is 35.2 Å². The van der Waals surface area contributed by atoms with Crippen molar-refractivity contribution in [3.63, 3.8) is 0 Å². The molecule has 3 amide bonds. The lowest BCUT2D eigenvalue weighted by Gasteiger charge is -2.29. The van der Waals surface area contributed by atoms with Crippen LogP contribution in [0.15, 0.2) is 36.5 Å². The highest BCUT2D eigenvalue weighted by molar-refractivity contribution is 6.30. The molecule has 0 spiro atoms. The summed E-state index contributed by atoms with van der Waals surface area (Å²) in [6.45, 7) is 3.80. The van der Waals surface area contributed by atoms with E-state index in [1.807, 2.05) is 0 Å². The molecule has 7 nitrogen and oxygen atoms in total. The van der Waals surface area contributed by atoms with Gasteiger partial charge >= 0.3 is 18.1 Å². The lowest BCUT2D eigenvalue weighted by molar-refractivity contribution is -0.169. The molecule has 11 heteroatoms. The van der Waals surface area contributed by atoms with Crippen LogP contribution in [0.25, 0.3) is 0 Å². The van der Waals surface area contributed by atoms with Crippen molar-refractivity contribution in [1.82, 2.24) is 15.2 Å². The number of alkyl halides is 3. The predicted molar refractivity (Wildman–Crippen MR) is 107 cm³/mol. The second-order valence-electron chi connectivity index (χ2n) is 6.66. The van der Waals surface area contributed by atoms with Gasteiger partial charge in [-0.05, 0) is 36.8 Å². The molecule has 1 aliphatic rings. The van der Waals surface area contributed by atoms with Crippen LogP contribution in [0.3, 0.4) is 0 Å². The van der Waals surface area contributed by atoms with Crippen LogP contribution in [0.5, 0.6) is 0 Å². The summed E-state index contributed by atoms with van der Waals surface area (Å²) in [5, 5.41) is 5.93. The Bertz CT molecular complexity index is 931. The van der Waals surface area contributed by atoms with Gasteiger partial charge in [0.05, 0.1) is 16.4 Å². The number of carbonyl (C=O) groups excluding carboxylic acids is 2. The van der Waals surface area contributed by atoms with Crippen LogP contribution in [0, 0.1) is 6.92 Å². The van der Waals surface area contributed by atoms with Crippen LogP contribution in [0.2, 0.25) is 5.02 Å². The topological polar surface area (TPSA) is 77.6 Å². The Balaban J connectivity index is 2.04. The molecule has 30 heavy (non-hydrogen) atoms. The number of aryl methyl sites for hydroxylation is 1. The first kappa shape index (κ1) is 21.8. The minimum absolute atomic E-state index is 0.0542. The van der Waals surface area contributed by atoms with Gasteiger partial charge in [-0.25, -0.2) is 9.78 Å². The highest BCUT2D eigenvalue weighted by Gasteiger charge is 2.45. The van der Waals surface area contributed by atoms with Gasteiger partial charge in [0.2, 0.25) is 0 Å². The van der Waals surface area contributed by atoms with E-state index in [-0.39, 0.29) is 22.2 Å². The highest BCUT2D eigenvalue weighted by Crippen LogP contribution is 2.36. The fourth-order valence-corrected chi connectivity index (χ4v) is 3.07. The summed E-state index contributed by atoms with van der Waals surface area (Å²) in [4.78, 5) is 30.7. The van der Waals surface area contributed by atoms with E-state index >= 15 is 0 Å². The number of hydrogen-bond acceptors (Lipinski definition) is 4. The molecular formula is C19H19ClF3N5O2. The number of aromatic nitrogens is 1. The largest absolute Gasteiger partial charge is 0.472 e. The molecule has 1 aromatic heterocycles. The zero-order valence-corrected chi connectivity index (χ0v) is 16.7. The Kier molecular flexibility index (Phi) is 6.47. The fourth-order valence-electron chi connectivity index (χ4n) is 2.96. The Morgan fingerprint density at radius 1 is 1.20 bits per heavy atom. The lowest BCUT2D eigenvalue weighted by Crippen LogP contribution is -2.48. The van der Waals surface area contributed by atoms with Gasteiger partial charge in [-0.3, -0.25) is 9.69 Å². The number of nitrogens with zero attached hydrogens (tertiary/aromatic N) is 3. The van der Waals surface area contributed by atoms with Gasteiger partial charge in [-0.15, -0.1) is 0 Å². The number of nitrogens with one attached hydrogen (secondary N) is 2. The van der Waals surface area contributed by atoms with E-state index in [1.165, 1.54) is 29.2 Å². The summed E-state index contributed by atoms with van der Waals surface area (Å²) >= 11 is 5.79. The van der Waals surface area contributed by atoms with Crippen LogP contribution < -0.4 is 15.5 Å². The third-order valence-electron chi connectivity index (χ3n) is 4.43. The first-order valence-corrected chi connectivity index (χ1v) is 9.45. The summed E-state index contributed by atoms with van der Waals surface area (Å²) in [6, 6.07) is 6.53. The number of pyridine rings is 1. The smallest absolute Gasteiger partial charge is 0.322 e. The van der Waals surface area contributed by atoms with Gasteiger partial charge in [-0.2, -0.15) is 13.2 Å². The molecule has 0 radical (unpaired) electrons. The molecule has 1 saturated heterocycles. The maximum absolute atomic E-state index is 13.4.